The standard InChI is InChI=1S/C21H23ClF3NO4/c1-20(2)12-26(11-13-8-9-15(14(22)10-13)29-21(23,24)25)19(30-20)18-16(27-3)6-5-7-17(18)28-4/h5-10,16H,11-12H2,1-4H3. The Morgan fingerprint density at radius 2 is 2.00 bits per heavy atom. The molecule has 0 bridgehead atoms. The summed E-state index contributed by atoms with van der Waals surface area (Å²) < 4.78 is 58.7. The monoisotopic (exact) mass is 445 g/mol. The van der Waals surface area contributed by atoms with Gasteiger partial charge in [0.1, 0.15) is 23.2 Å². The van der Waals surface area contributed by atoms with Crippen molar-refractivity contribution in [3.63, 3.8) is 0 Å². The zero-order valence-corrected chi connectivity index (χ0v) is 17.8. The van der Waals surface area contributed by atoms with Gasteiger partial charge in [-0.25, -0.2) is 0 Å². The van der Waals surface area contributed by atoms with Gasteiger partial charge in [-0.15, -0.1) is 13.2 Å². The number of benzene rings is 1. The van der Waals surface area contributed by atoms with Crippen LogP contribution in [0.15, 0.2) is 53.6 Å². The van der Waals surface area contributed by atoms with E-state index in [1.54, 1.807) is 20.3 Å². The predicted molar refractivity (Wildman–Crippen MR) is 106 cm³/mol. The van der Waals surface area contributed by atoms with E-state index >= 15 is 0 Å². The normalized spacial score (nSPS) is 23.3. The molecule has 9 heteroatoms. The molecule has 164 valence electrons. The summed E-state index contributed by atoms with van der Waals surface area (Å²) in [6.45, 7) is 4.84. The Morgan fingerprint density at radius 1 is 1.27 bits per heavy atom. The lowest BCUT2D eigenvalue weighted by Crippen LogP contribution is -2.28. The maximum Gasteiger partial charge on any atom is 0.573 e. The first-order valence-corrected chi connectivity index (χ1v) is 9.59. The zero-order valence-electron chi connectivity index (χ0n) is 17.0. The molecule has 1 saturated heterocycles. The topological polar surface area (TPSA) is 40.2 Å². The minimum Gasteiger partial charge on any atom is -0.496 e. The first kappa shape index (κ1) is 22.4. The van der Waals surface area contributed by atoms with Gasteiger partial charge in [0.15, 0.2) is 5.88 Å². The minimum atomic E-state index is -4.80. The van der Waals surface area contributed by atoms with Crippen molar-refractivity contribution in [1.29, 1.82) is 0 Å². The minimum absolute atomic E-state index is 0.119. The van der Waals surface area contributed by atoms with Crippen LogP contribution < -0.4 is 4.74 Å². The fraction of sp³-hybridized carbons (Fsp3) is 0.429. The molecule has 0 radical (unpaired) electrons. The Labute approximate surface area is 178 Å². The highest BCUT2D eigenvalue weighted by Gasteiger charge is 2.39. The van der Waals surface area contributed by atoms with Crippen LogP contribution in [0.5, 0.6) is 5.75 Å². The Morgan fingerprint density at radius 3 is 2.60 bits per heavy atom. The molecule has 30 heavy (non-hydrogen) atoms. The lowest BCUT2D eigenvalue weighted by atomic mass is 10.0. The van der Waals surface area contributed by atoms with Crippen LogP contribution in [0.4, 0.5) is 13.2 Å². The maximum atomic E-state index is 12.5. The van der Waals surface area contributed by atoms with Crippen molar-refractivity contribution in [2.24, 2.45) is 0 Å². The fourth-order valence-electron chi connectivity index (χ4n) is 3.49. The first-order valence-electron chi connectivity index (χ1n) is 9.21. The summed E-state index contributed by atoms with van der Waals surface area (Å²) in [7, 11) is 3.17. The van der Waals surface area contributed by atoms with E-state index in [4.69, 9.17) is 25.8 Å². The summed E-state index contributed by atoms with van der Waals surface area (Å²) in [5, 5.41) is -0.119. The van der Waals surface area contributed by atoms with E-state index < -0.39 is 17.7 Å². The number of alkyl halides is 3. The number of allylic oxidation sites excluding steroid dienone is 2. The predicted octanol–water partition coefficient (Wildman–Crippen LogP) is 5.18. The molecule has 0 saturated carbocycles. The quantitative estimate of drug-likeness (QED) is 0.625. The van der Waals surface area contributed by atoms with Gasteiger partial charge in [-0.3, -0.25) is 0 Å². The first-order chi connectivity index (χ1) is 14.0. The third-order valence-electron chi connectivity index (χ3n) is 4.61. The molecule has 1 aliphatic heterocycles. The fourth-order valence-corrected chi connectivity index (χ4v) is 3.73. The molecule has 1 aromatic carbocycles. The van der Waals surface area contributed by atoms with Gasteiger partial charge in [0.25, 0.3) is 0 Å². The summed E-state index contributed by atoms with van der Waals surface area (Å²) in [5.74, 6) is 0.774. The molecule has 1 unspecified atom stereocenters. The average molecular weight is 446 g/mol. The lowest BCUT2D eigenvalue weighted by molar-refractivity contribution is -0.274. The largest absolute Gasteiger partial charge is 0.573 e. The maximum absolute atomic E-state index is 12.5. The van der Waals surface area contributed by atoms with Crippen molar-refractivity contribution in [1.82, 2.24) is 4.90 Å². The van der Waals surface area contributed by atoms with Gasteiger partial charge in [-0.1, -0.05) is 29.8 Å². The van der Waals surface area contributed by atoms with Gasteiger partial charge in [0.05, 0.1) is 24.3 Å². The van der Waals surface area contributed by atoms with E-state index in [2.05, 4.69) is 4.74 Å². The van der Waals surface area contributed by atoms with E-state index in [1.807, 2.05) is 37.0 Å². The van der Waals surface area contributed by atoms with Crippen LogP contribution in [0.2, 0.25) is 5.02 Å². The number of halogens is 4. The van der Waals surface area contributed by atoms with E-state index in [1.165, 1.54) is 12.1 Å². The Balaban J connectivity index is 1.93. The smallest absolute Gasteiger partial charge is 0.496 e. The van der Waals surface area contributed by atoms with Crippen LogP contribution in [0.3, 0.4) is 0 Å². The second kappa shape index (κ2) is 8.43. The molecule has 1 heterocycles. The summed E-state index contributed by atoms with van der Waals surface area (Å²) in [4.78, 5) is 1.99. The van der Waals surface area contributed by atoms with E-state index in [-0.39, 0.29) is 11.1 Å². The molecule has 1 fully saturated rings. The number of nitrogens with zero attached hydrogens (tertiary/aromatic N) is 1. The second-order valence-corrected chi connectivity index (χ2v) is 7.93. The van der Waals surface area contributed by atoms with Crippen molar-refractivity contribution in [3.8, 4) is 5.75 Å². The van der Waals surface area contributed by atoms with Crippen LogP contribution in [0.25, 0.3) is 0 Å². The summed E-state index contributed by atoms with van der Waals surface area (Å²) >= 11 is 6.01. The Hall–Kier alpha value is -2.32. The van der Waals surface area contributed by atoms with Crippen molar-refractivity contribution >= 4 is 11.6 Å². The second-order valence-electron chi connectivity index (χ2n) is 7.53. The summed E-state index contributed by atoms with van der Waals surface area (Å²) in [6, 6.07) is 4.21. The number of rotatable bonds is 5. The molecule has 0 spiro atoms. The summed E-state index contributed by atoms with van der Waals surface area (Å²) in [6.07, 6.45) is 0.397. The van der Waals surface area contributed by atoms with E-state index in [0.717, 1.165) is 5.57 Å². The van der Waals surface area contributed by atoms with Crippen LogP contribution >= 0.6 is 11.6 Å². The number of hydrogen-bond donors (Lipinski definition) is 0. The van der Waals surface area contributed by atoms with Gasteiger partial charge < -0.3 is 23.8 Å². The molecule has 2 aliphatic rings. The zero-order chi connectivity index (χ0) is 22.1. The van der Waals surface area contributed by atoms with Crippen molar-refractivity contribution in [2.75, 3.05) is 20.8 Å². The molecule has 0 amide bonds. The van der Waals surface area contributed by atoms with Gasteiger partial charge in [0, 0.05) is 13.7 Å². The number of ether oxygens (including phenoxy) is 4. The molecule has 1 atom stereocenters. The SMILES string of the molecule is COC1=CC=CC(OC)C1=C1OC(C)(C)CN1Cc1ccc(OC(F)(F)F)c(Cl)c1. The molecule has 0 N–H and O–H groups in total. The van der Waals surface area contributed by atoms with Crippen LogP contribution in [-0.2, 0) is 20.8 Å². The Bertz CT molecular complexity index is 893. The van der Waals surface area contributed by atoms with Crippen molar-refractivity contribution < 1.29 is 32.1 Å². The number of hydrogen-bond acceptors (Lipinski definition) is 5. The van der Waals surface area contributed by atoms with Crippen LogP contribution in [0.1, 0.15) is 19.4 Å². The third-order valence-corrected chi connectivity index (χ3v) is 4.91. The molecule has 5 nitrogen and oxygen atoms in total. The Kier molecular flexibility index (Phi) is 6.29. The summed E-state index contributed by atoms with van der Waals surface area (Å²) in [5.41, 5.74) is 0.970. The van der Waals surface area contributed by atoms with Gasteiger partial charge in [0.2, 0.25) is 0 Å². The van der Waals surface area contributed by atoms with Crippen LogP contribution in [0, 0.1) is 0 Å². The van der Waals surface area contributed by atoms with Gasteiger partial charge in [-0.2, -0.15) is 0 Å². The highest BCUT2D eigenvalue weighted by molar-refractivity contribution is 6.32. The molecule has 3 rings (SSSR count). The highest BCUT2D eigenvalue weighted by Crippen LogP contribution is 2.38. The molecule has 1 aromatic rings. The van der Waals surface area contributed by atoms with Crippen LogP contribution in [-0.4, -0.2) is 43.7 Å². The van der Waals surface area contributed by atoms with Crippen molar-refractivity contribution in [2.45, 2.75) is 38.5 Å². The van der Waals surface area contributed by atoms with Gasteiger partial charge in [-0.05, 0) is 37.6 Å². The molecular formula is C21H23ClF3NO4. The highest BCUT2D eigenvalue weighted by atomic mass is 35.5. The van der Waals surface area contributed by atoms with E-state index in [9.17, 15) is 13.2 Å². The molecule has 1 aliphatic carbocycles. The molecular weight excluding hydrogens is 423 g/mol. The third kappa shape index (κ3) is 5.05. The average Bonchev–Trinajstić information content (AvgIpc) is 2.96. The lowest BCUT2D eigenvalue weighted by Gasteiger charge is -2.26. The molecule has 0 aromatic heterocycles. The number of methoxy groups -OCH3 is 2. The van der Waals surface area contributed by atoms with Crippen molar-refractivity contribution in [3.05, 3.63) is 64.2 Å². The van der Waals surface area contributed by atoms with E-state index in [0.29, 0.717) is 30.3 Å². The van der Waals surface area contributed by atoms with Gasteiger partial charge >= 0.3 is 6.36 Å².